The molecular formula is C20H25N3O3. The molecule has 2 N–H and O–H groups in total. The third-order valence-electron chi connectivity index (χ3n) is 4.03. The van der Waals surface area contributed by atoms with Gasteiger partial charge >= 0.3 is 0 Å². The highest BCUT2D eigenvalue weighted by Crippen LogP contribution is 2.18. The average Bonchev–Trinajstić information content (AvgIpc) is 3.15. The highest BCUT2D eigenvalue weighted by atomic mass is 16.5. The van der Waals surface area contributed by atoms with Crippen LogP contribution in [0.4, 0.5) is 11.4 Å². The fourth-order valence-electron chi connectivity index (χ4n) is 2.79. The van der Waals surface area contributed by atoms with Crippen molar-refractivity contribution in [2.24, 2.45) is 0 Å². The van der Waals surface area contributed by atoms with Gasteiger partial charge < -0.3 is 20.1 Å². The predicted octanol–water partition coefficient (Wildman–Crippen LogP) is 3.71. The molecule has 3 rings (SSSR count). The van der Waals surface area contributed by atoms with Crippen molar-refractivity contribution in [1.29, 1.82) is 0 Å². The summed E-state index contributed by atoms with van der Waals surface area (Å²) in [7, 11) is 0. The number of rotatable bonds is 7. The van der Waals surface area contributed by atoms with E-state index in [1.165, 1.54) is 0 Å². The first-order valence-corrected chi connectivity index (χ1v) is 9.00. The number of hydrogen-bond acceptors (Lipinski definition) is 5. The van der Waals surface area contributed by atoms with Crippen LogP contribution >= 0.6 is 0 Å². The number of aromatic nitrogens is 1. The van der Waals surface area contributed by atoms with Gasteiger partial charge in [0.15, 0.2) is 0 Å². The lowest BCUT2D eigenvalue weighted by Crippen LogP contribution is -2.19. The number of amides is 1. The Morgan fingerprint density at radius 2 is 2.08 bits per heavy atom. The van der Waals surface area contributed by atoms with Gasteiger partial charge in [-0.3, -0.25) is 9.78 Å². The Labute approximate surface area is 153 Å². The summed E-state index contributed by atoms with van der Waals surface area (Å²) in [6.45, 7) is 5.52. The van der Waals surface area contributed by atoms with Crippen LogP contribution in [0, 0.1) is 0 Å². The largest absolute Gasteiger partial charge is 0.491 e. The van der Waals surface area contributed by atoms with E-state index in [1.807, 2.05) is 44.2 Å². The van der Waals surface area contributed by atoms with Crippen molar-refractivity contribution in [2.45, 2.75) is 38.9 Å². The molecule has 1 aromatic carbocycles. The molecule has 1 aliphatic heterocycles. The summed E-state index contributed by atoms with van der Waals surface area (Å²) >= 11 is 0. The standard InChI is InChI=1S/C20H25N3O3/c1-14(2)26-17-7-5-15(6-8-17)23-20(24)19-12-16(9-10-21-19)22-13-18-4-3-11-25-18/h5-10,12,14,18H,3-4,11,13H2,1-2H3,(H,21,22)(H,23,24). The van der Waals surface area contributed by atoms with E-state index < -0.39 is 0 Å². The maximum absolute atomic E-state index is 12.4. The van der Waals surface area contributed by atoms with E-state index in [0.717, 1.165) is 37.4 Å². The molecule has 1 aromatic heterocycles. The fourth-order valence-corrected chi connectivity index (χ4v) is 2.79. The topological polar surface area (TPSA) is 72.5 Å². The van der Waals surface area contributed by atoms with E-state index in [0.29, 0.717) is 11.4 Å². The molecule has 6 heteroatoms. The number of nitrogens with zero attached hydrogens (tertiary/aromatic N) is 1. The van der Waals surface area contributed by atoms with Crippen molar-refractivity contribution in [1.82, 2.24) is 4.98 Å². The lowest BCUT2D eigenvalue weighted by Gasteiger charge is -2.13. The van der Waals surface area contributed by atoms with Gasteiger partial charge in [-0.25, -0.2) is 0 Å². The van der Waals surface area contributed by atoms with Gasteiger partial charge in [-0.1, -0.05) is 0 Å². The van der Waals surface area contributed by atoms with Gasteiger partial charge in [-0.05, 0) is 63.1 Å². The zero-order valence-corrected chi connectivity index (χ0v) is 15.2. The Kier molecular flexibility index (Phi) is 6.07. The molecule has 0 bridgehead atoms. The van der Waals surface area contributed by atoms with Crippen LogP contribution in [0.15, 0.2) is 42.6 Å². The first-order valence-electron chi connectivity index (χ1n) is 9.00. The second kappa shape index (κ2) is 8.67. The van der Waals surface area contributed by atoms with Crippen LogP contribution in [-0.2, 0) is 4.74 Å². The quantitative estimate of drug-likeness (QED) is 0.792. The Balaban J connectivity index is 1.57. The Morgan fingerprint density at radius 3 is 2.77 bits per heavy atom. The molecule has 1 aliphatic rings. The number of carbonyl (C=O) groups excluding carboxylic acids is 1. The molecule has 1 atom stereocenters. The molecule has 2 heterocycles. The van der Waals surface area contributed by atoms with Crippen LogP contribution in [-0.4, -0.2) is 36.3 Å². The third kappa shape index (κ3) is 5.20. The van der Waals surface area contributed by atoms with Crippen molar-refractivity contribution in [3.05, 3.63) is 48.3 Å². The Morgan fingerprint density at radius 1 is 1.27 bits per heavy atom. The first kappa shape index (κ1) is 18.2. The Bertz CT molecular complexity index is 725. The van der Waals surface area contributed by atoms with Gasteiger partial charge in [0.25, 0.3) is 5.91 Å². The number of benzene rings is 1. The van der Waals surface area contributed by atoms with Gasteiger partial charge in [0.2, 0.25) is 0 Å². The minimum atomic E-state index is -0.247. The van der Waals surface area contributed by atoms with E-state index in [-0.39, 0.29) is 18.1 Å². The highest BCUT2D eigenvalue weighted by Gasteiger charge is 2.15. The van der Waals surface area contributed by atoms with Gasteiger partial charge in [0, 0.05) is 30.7 Å². The summed E-state index contributed by atoms with van der Waals surface area (Å²) < 4.78 is 11.2. The van der Waals surface area contributed by atoms with Crippen molar-refractivity contribution in [2.75, 3.05) is 23.8 Å². The van der Waals surface area contributed by atoms with Crippen LogP contribution in [0.25, 0.3) is 0 Å². The lowest BCUT2D eigenvalue weighted by atomic mass is 10.2. The molecular weight excluding hydrogens is 330 g/mol. The van der Waals surface area contributed by atoms with Crippen LogP contribution in [0.5, 0.6) is 5.75 Å². The Hall–Kier alpha value is -2.60. The number of anilines is 2. The molecule has 1 unspecified atom stereocenters. The summed E-state index contributed by atoms with van der Waals surface area (Å²) in [4.78, 5) is 16.6. The summed E-state index contributed by atoms with van der Waals surface area (Å²) in [6.07, 6.45) is 4.17. The minimum Gasteiger partial charge on any atom is -0.491 e. The van der Waals surface area contributed by atoms with Crippen molar-refractivity contribution in [3.63, 3.8) is 0 Å². The molecule has 1 amide bonds. The summed E-state index contributed by atoms with van der Waals surface area (Å²) in [5, 5.41) is 6.16. The van der Waals surface area contributed by atoms with E-state index in [9.17, 15) is 4.79 Å². The SMILES string of the molecule is CC(C)Oc1ccc(NC(=O)c2cc(NCC3CCCO3)ccn2)cc1. The molecule has 0 saturated carbocycles. The average molecular weight is 355 g/mol. The van der Waals surface area contributed by atoms with Crippen molar-refractivity contribution in [3.8, 4) is 5.75 Å². The summed E-state index contributed by atoms with van der Waals surface area (Å²) in [5.74, 6) is 0.528. The minimum absolute atomic E-state index is 0.115. The first-order chi connectivity index (χ1) is 12.6. The molecule has 0 spiro atoms. The lowest BCUT2D eigenvalue weighted by molar-refractivity contribution is 0.102. The van der Waals surface area contributed by atoms with Crippen LogP contribution in [0.2, 0.25) is 0 Å². The zero-order chi connectivity index (χ0) is 18.4. The maximum atomic E-state index is 12.4. The molecule has 0 radical (unpaired) electrons. The van der Waals surface area contributed by atoms with Crippen LogP contribution < -0.4 is 15.4 Å². The summed E-state index contributed by atoms with van der Waals surface area (Å²) in [6, 6.07) is 10.9. The van der Waals surface area contributed by atoms with Crippen molar-refractivity contribution < 1.29 is 14.3 Å². The molecule has 1 fully saturated rings. The second-order valence-electron chi connectivity index (χ2n) is 6.59. The number of nitrogens with one attached hydrogen (secondary N) is 2. The smallest absolute Gasteiger partial charge is 0.274 e. The molecule has 1 saturated heterocycles. The van der Waals surface area contributed by atoms with E-state index in [2.05, 4.69) is 15.6 Å². The van der Waals surface area contributed by atoms with Gasteiger partial charge in [0.05, 0.1) is 12.2 Å². The maximum Gasteiger partial charge on any atom is 0.274 e. The van der Waals surface area contributed by atoms with E-state index >= 15 is 0 Å². The summed E-state index contributed by atoms with van der Waals surface area (Å²) in [5.41, 5.74) is 1.93. The number of carbonyl (C=O) groups is 1. The van der Waals surface area contributed by atoms with Gasteiger partial charge in [-0.2, -0.15) is 0 Å². The zero-order valence-electron chi connectivity index (χ0n) is 15.2. The molecule has 26 heavy (non-hydrogen) atoms. The number of pyridine rings is 1. The number of hydrogen-bond donors (Lipinski definition) is 2. The third-order valence-corrected chi connectivity index (χ3v) is 4.03. The molecule has 0 aliphatic carbocycles. The fraction of sp³-hybridized carbons (Fsp3) is 0.400. The van der Waals surface area contributed by atoms with Crippen LogP contribution in [0.3, 0.4) is 0 Å². The van der Waals surface area contributed by atoms with E-state index in [1.54, 1.807) is 12.3 Å². The molecule has 2 aromatic rings. The van der Waals surface area contributed by atoms with E-state index in [4.69, 9.17) is 9.47 Å². The monoisotopic (exact) mass is 355 g/mol. The second-order valence-corrected chi connectivity index (χ2v) is 6.59. The van der Waals surface area contributed by atoms with Gasteiger partial charge in [-0.15, -0.1) is 0 Å². The van der Waals surface area contributed by atoms with Gasteiger partial charge in [0.1, 0.15) is 11.4 Å². The van der Waals surface area contributed by atoms with Crippen LogP contribution in [0.1, 0.15) is 37.2 Å². The predicted molar refractivity (Wildman–Crippen MR) is 102 cm³/mol. The van der Waals surface area contributed by atoms with Crippen molar-refractivity contribution >= 4 is 17.3 Å². The molecule has 138 valence electrons. The normalized spacial score (nSPS) is 16.5. The number of ether oxygens (including phenoxy) is 2. The molecule has 6 nitrogen and oxygen atoms in total. The highest BCUT2D eigenvalue weighted by molar-refractivity contribution is 6.03.